The van der Waals surface area contributed by atoms with E-state index in [0.29, 0.717) is 12.2 Å². The molecule has 0 spiro atoms. The van der Waals surface area contributed by atoms with Gasteiger partial charge in [0, 0.05) is 18.6 Å². The number of nitrogens with zero attached hydrogens (tertiary/aromatic N) is 3. The van der Waals surface area contributed by atoms with E-state index in [0.717, 1.165) is 12.8 Å². The zero-order chi connectivity index (χ0) is 18.9. The lowest BCUT2D eigenvalue weighted by Crippen LogP contribution is -2.59. The largest absolute Gasteiger partial charge is 0.455 e. The zero-order valence-electron chi connectivity index (χ0n) is 15.3. The summed E-state index contributed by atoms with van der Waals surface area (Å²) in [5, 5.41) is 3.78. The van der Waals surface area contributed by atoms with Gasteiger partial charge in [-0.3, -0.25) is 0 Å². The molecule has 1 fully saturated rings. The molecule has 1 aliphatic rings. The number of azide groups is 1. The number of methoxy groups -OCH3 is 1. The van der Waals surface area contributed by atoms with Crippen molar-refractivity contribution in [1.29, 1.82) is 0 Å². The minimum Gasteiger partial charge on any atom is -0.455 e. The number of rotatable bonds is 8. The first-order chi connectivity index (χ1) is 12.6. The molecular formula is C18H25N3O5. The van der Waals surface area contributed by atoms with Gasteiger partial charge in [0.15, 0.2) is 6.29 Å². The van der Waals surface area contributed by atoms with Crippen LogP contribution in [-0.2, 0) is 18.9 Å². The normalized spacial score (nSPS) is 28.2. The fraction of sp³-hybridized carbons (Fsp3) is 0.611. The highest BCUT2D eigenvalue weighted by Gasteiger charge is 2.47. The van der Waals surface area contributed by atoms with Gasteiger partial charge in [-0.15, -0.1) is 0 Å². The molecule has 1 aliphatic heterocycles. The number of carbonyl (C=O) groups is 1. The van der Waals surface area contributed by atoms with Crippen molar-refractivity contribution < 1.29 is 23.7 Å². The van der Waals surface area contributed by atoms with Crippen LogP contribution in [0.3, 0.4) is 0 Å². The smallest absolute Gasteiger partial charge is 0.338 e. The van der Waals surface area contributed by atoms with Crippen molar-refractivity contribution in [3.63, 3.8) is 0 Å². The third-order valence-electron chi connectivity index (χ3n) is 4.24. The predicted octanol–water partition coefficient (Wildman–Crippen LogP) is 3.47. The maximum atomic E-state index is 12.5. The molecule has 1 saturated heterocycles. The SMILES string of the molecule is CCCCO[C@@H]1C(OC(=O)c2ccccc2)[C@H](N=[N+]=[N-])C(C)O[C@@H]1OC. The van der Waals surface area contributed by atoms with E-state index in [2.05, 4.69) is 10.0 Å². The molecule has 0 radical (unpaired) electrons. The average Bonchev–Trinajstić information content (AvgIpc) is 2.66. The number of carbonyl (C=O) groups excluding carboxylic acids is 1. The van der Waals surface area contributed by atoms with Gasteiger partial charge in [-0.05, 0) is 31.0 Å². The summed E-state index contributed by atoms with van der Waals surface area (Å²) in [5.41, 5.74) is 9.33. The van der Waals surface area contributed by atoms with Gasteiger partial charge in [-0.25, -0.2) is 4.79 Å². The van der Waals surface area contributed by atoms with E-state index < -0.39 is 36.6 Å². The quantitative estimate of drug-likeness (QED) is 0.231. The standard InChI is InChI=1S/C18H25N3O5/c1-4-5-11-24-16-15(26-17(22)13-9-7-6-8-10-13)14(20-21-19)12(2)25-18(16)23-3/h6-10,12,14-16,18H,4-5,11H2,1-3H3/t12?,14-,15?,16-,18+/m1/s1. The van der Waals surface area contributed by atoms with Gasteiger partial charge in [0.25, 0.3) is 0 Å². The summed E-state index contributed by atoms with van der Waals surface area (Å²) in [6.07, 6.45) is -0.921. The number of esters is 1. The first-order valence-corrected chi connectivity index (χ1v) is 8.72. The lowest BCUT2D eigenvalue weighted by molar-refractivity contribution is -0.271. The summed E-state index contributed by atoms with van der Waals surface area (Å²) >= 11 is 0. The van der Waals surface area contributed by atoms with Crippen molar-refractivity contribution >= 4 is 5.97 Å². The topological polar surface area (TPSA) is 103 Å². The molecule has 26 heavy (non-hydrogen) atoms. The molecule has 8 heteroatoms. The van der Waals surface area contributed by atoms with Crippen LogP contribution in [0.15, 0.2) is 35.4 Å². The van der Waals surface area contributed by atoms with Crippen LogP contribution >= 0.6 is 0 Å². The van der Waals surface area contributed by atoms with Gasteiger partial charge in [-0.2, -0.15) is 0 Å². The molecule has 0 saturated carbocycles. The summed E-state index contributed by atoms with van der Waals surface area (Å²) < 4.78 is 22.7. The van der Waals surface area contributed by atoms with Crippen LogP contribution in [0.1, 0.15) is 37.0 Å². The molecule has 0 N–H and O–H groups in total. The maximum Gasteiger partial charge on any atom is 0.338 e. The second-order valence-electron chi connectivity index (χ2n) is 6.07. The number of hydrogen-bond acceptors (Lipinski definition) is 6. The Hall–Kier alpha value is -2.12. The highest BCUT2D eigenvalue weighted by atomic mass is 16.7. The summed E-state index contributed by atoms with van der Waals surface area (Å²) in [4.78, 5) is 15.4. The van der Waals surface area contributed by atoms with Crippen LogP contribution in [0.5, 0.6) is 0 Å². The van der Waals surface area contributed by atoms with Crippen molar-refractivity contribution in [2.45, 2.75) is 57.3 Å². The lowest BCUT2D eigenvalue weighted by Gasteiger charge is -2.42. The first kappa shape index (κ1) is 20.2. The Kier molecular flexibility index (Phi) is 7.87. The molecule has 0 bridgehead atoms. The molecule has 1 aromatic carbocycles. The van der Waals surface area contributed by atoms with E-state index in [1.54, 1.807) is 31.2 Å². The van der Waals surface area contributed by atoms with Crippen molar-refractivity contribution in [1.82, 2.24) is 0 Å². The van der Waals surface area contributed by atoms with Crippen molar-refractivity contribution in [2.75, 3.05) is 13.7 Å². The number of benzene rings is 1. The summed E-state index contributed by atoms with van der Waals surface area (Å²) in [7, 11) is 1.50. The van der Waals surface area contributed by atoms with E-state index in [4.69, 9.17) is 24.5 Å². The Morgan fingerprint density at radius 2 is 2.04 bits per heavy atom. The van der Waals surface area contributed by atoms with Crippen LogP contribution in [0, 0.1) is 0 Å². The molecule has 5 atom stereocenters. The Labute approximate surface area is 153 Å². The van der Waals surface area contributed by atoms with E-state index in [1.165, 1.54) is 7.11 Å². The van der Waals surface area contributed by atoms with E-state index in [1.807, 2.05) is 13.0 Å². The first-order valence-electron chi connectivity index (χ1n) is 8.72. The minimum absolute atomic E-state index is 0.410. The number of ether oxygens (including phenoxy) is 4. The van der Waals surface area contributed by atoms with E-state index >= 15 is 0 Å². The predicted molar refractivity (Wildman–Crippen MR) is 94.6 cm³/mol. The number of unbranched alkanes of at least 4 members (excludes halogenated alkanes) is 1. The van der Waals surface area contributed by atoms with Gasteiger partial charge in [0.2, 0.25) is 0 Å². The van der Waals surface area contributed by atoms with Gasteiger partial charge in [-0.1, -0.05) is 36.7 Å². The van der Waals surface area contributed by atoms with Crippen molar-refractivity contribution in [3.05, 3.63) is 46.3 Å². The second-order valence-corrected chi connectivity index (χ2v) is 6.07. The molecule has 1 aromatic rings. The van der Waals surface area contributed by atoms with Crippen LogP contribution < -0.4 is 0 Å². The highest BCUT2D eigenvalue weighted by molar-refractivity contribution is 5.89. The third kappa shape index (κ3) is 4.95. The summed E-state index contributed by atoms with van der Waals surface area (Å²) in [6.45, 7) is 4.25. The molecule has 142 valence electrons. The summed E-state index contributed by atoms with van der Waals surface area (Å²) in [6, 6.07) is 7.92. The summed E-state index contributed by atoms with van der Waals surface area (Å²) in [5.74, 6) is -0.512. The molecule has 2 rings (SSSR count). The molecular weight excluding hydrogens is 338 g/mol. The van der Waals surface area contributed by atoms with Crippen LogP contribution in [0.2, 0.25) is 0 Å². The Bertz CT molecular complexity index is 621. The zero-order valence-corrected chi connectivity index (χ0v) is 15.3. The van der Waals surface area contributed by atoms with Gasteiger partial charge in [0.05, 0.1) is 11.7 Å². The van der Waals surface area contributed by atoms with Crippen LogP contribution in [0.25, 0.3) is 10.4 Å². The highest BCUT2D eigenvalue weighted by Crippen LogP contribution is 2.29. The number of hydrogen-bond donors (Lipinski definition) is 0. The molecule has 0 aliphatic carbocycles. The third-order valence-corrected chi connectivity index (χ3v) is 4.24. The molecule has 2 unspecified atom stereocenters. The monoisotopic (exact) mass is 363 g/mol. The molecule has 0 aromatic heterocycles. The van der Waals surface area contributed by atoms with Crippen LogP contribution in [-0.4, -0.2) is 50.3 Å². The van der Waals surface area contributed by atoms with Gasteiger partial charge < -0.3 is 18.9 Å². The Morgan fingerprint density at radius 3 is 2.65 bits per heavy atom. The van der Waals surface area contributed by atoms with Crippen molar-refractivity contribution in [3.8, 4) is 0 Å². The fourth-order valence-electron chi connectivity index (χ4n) is 2.83. The second kappa shape index (κ2) is 10.1. The van der Waals surface area contributed by atoms with Gasteiger partial charge >= 0.3 is 5.97 Å². The Morgan fingerprint density at radius 1 is 1.31 bits per heavy atom. The molecule has 8 nitrogen and oxygen atoms in total. The van der Waals surface area contributed by atoms with E-state index in [-0.39, 0.29) is 0 Å². The lowest BCUT2D eigenvalue weighted by atomic mass is 9.97. The molecule has 0 amide bonds. The maximum absolute atomic E-state index is 12.5. The fourth-order valence-corrected chi connectivity index (χ4v) is 2.83. The molecule has 1 heterocycles. The minimum atomic E-state index is -0.816. The van der Waals surface area contributed by atoms with Gasteiger partial charge in [0.1, 0.15) is 18.2 Å². The average molecular weight is 363 g/mol. The Balaban J connectivity index is 2.26. The van der Waals surface area contributed by atoms with Crippen molar-refractivity contribution in [2.24, 2.45) is 5.11 Å². The van der Waals surface area contributed by atoms with Crippen LogP contribution in [0.4, 0.5) is 0 Å². The van der Waals surface area contributed by atoms with E-state index in [9.17, 15) is 4.79 Å².